The summed E-state index contributed by atoms with van der Waals surface area (Å²) in [7, 11) is 0. The normalized spacial score (nSPS) is 10.9. The van der Waals surface area contributed by atoms with E-state index in [0.29, 0.717) is 5.13 Å². The fraction of sp³-hybridized carbons (Fsp3) is 0. The molecule has 4 rings (SSSR count). The summed E-state index contributed by atoms with van der Waals surface area (Å²) in [6.07, 6.45) is 1.60. The highest BCUT2D eigenvalue weighted by Crippen LogP contribution is 2.30. The molecule has 0 aliphatic rings. The highest BCUT2D eigenvalue weighted by atomic mass is 32.2. The Morgan fingerprint density at radius 3 is 2.37 bits per heavy atom. The van der Waals surface area contributed by atoms with Crippen molar-refractivity contribution in [2.75, 3.05) is 5.43 Å². The second-order valence-corrected chi connectivity index (χ2v) is 8.20. The number of non-ortho nitro benzene ring substituents is 1. The first-order valence-electron chi connectivity index (χ1n) is 9.00. The van der Waals surface area contributed by atoms with Gasteiger partial charge in [-0.3, -0.25) is 15.5 Å². The van der Waals surface area contributed by atoms with Crippen molar-refractivity contribution in [3.63, 3.8) is 0 Å². The zero-order valence-electron chi connectivity index (χ0n) is 15.6. The number of rotatable bonds is 7. The number of nitrogens with one attached hydrogen (secondary N) is 1. The number of benzene rings is 3. The fourth-order valence-electron chi connectivity index (χ4n) is 2.62. The van der Waals surface area contributed by atoms with Gasteiger partial charge in [-0.05, 0) is 42.0 Å². The third-order valence-corrected chi connectivity index (χ3v) is 5.87. The van der Waals surface area contributed by atoms with E-state index in [-0.39, 0.29) is 5.69 Å². The summed E-state index contributed by atoms with van der Waals surface area (Å²) in [5.41, 5.74) is 5.63. The maximum atomic E-state index is 10.7. The molecule has 6 nitrogen and oxygen atoms in total. The number of nitrogens with zero attached hydrogens (tertiary/aromatic N) is 3. The van der Waals surface area contributed by atoms with Crippen molar-refractivity contribution in [1.29, 1.82) is 0 Å². The van der Waals surface area contributed by atoms with E-state index in [1.54, 1.807) is 30.1 Å². The van der Waals surface area contributed by atoms with Gasteiger partial charge in [-0.25, -0.2) is 4.98 Å². The van der Waals surface area contributed by atoms with E-state index < -0.39 is 4.92 Å². The number of hydrazone groups is 1. The molecular weight excluding hydrogens is 416 g/mol. The van der Waals surface area contributed by atoms with Crippen LogP contribution in [0.25, 0.3) is 11.3 Å². The fourth-order valence-corrected chi connectivity index (χ4v) is 4.13. The minimum atomic E-state index is -0.427. The lowest BCUT2D eigenvalue weighted by molar-refractivity contribution is -0.384. The summed E-state index contributed by atoms with van der Waals surface area (Å²) in [5.74, 6) is 0. The molecule has 0 aliphatic heterocycles. The van der Waals surface area contributed by atoms with Crippen LogP contribution in [-0.4, -0.2) is 16.1 Å². The Bertz CT molecular complexity index is 1160. The molecule has 8 heteroatoms. The monoisotopic (exact) mass is 432 g/mol. The molecule has 0 spiro atoms. The van der Waals surface area contributed by atoms with Crippen LogP contribution in [0.5, 0.6) is 0 Å². The maximum absolute atomic E-state index is 10.7. The van der Waals surface area contributed by atoms with Crippen molar-refractivity contribution in [1.82, 2.24) is 4.98 Å². The van der Waals surface area contributed by atoms with Gasteiger partial charge in [0.2, 0.25) is 5.13 Å². The summed E-state index contributed by atoms with van der Waals surface area (Å²) in [6, 6.07) is 24.7. The number of nitro benzene ring substituents is 1. The van der Waals surface area contributed by atoms with Crippen LogP contribution in [-0.2, 0) is 0 Å². The van der Waals surface area contributed by atoms with Crippen LogP contribution in [0.2, 0.25) is 0 Å². The third kappa shape index (κ3) is 5.11. The largest absolute Gasteiger partial charge is 0.269 e. The summed E-state index contributed by atoms with van der Waals surface area (Å²) in [5, 5.41) is 17.5. The van der Waals surface area contributed by atoms with E-state index in [9.17, 15) is 10.1 Å². The van der Waals surface area contributed by atoms with Crippen molar-refractivity contribution < 1.29 is 4.92 Å². The van der Waals surface area contributed by atoms with Crippen molar-refractivity contribution in [3.8, 4) is 11.3 Å². The van der Waals surface area contributed by atoms with E-state index in [0.717, 1.165) is 16.8 Å². The Labute approximate surface area is 181 Å². The van der Waals surface area contributed by atoms with Crippen LogP contribution >= 0.6 is 23.1 Å². The van der Waals surface area contributed by atoms with E-state index in [2.05, 4.69) is 51.9 Å². The van der Waals surface area contributed by atoms with Crippen LogP contribution in [0.4, 0.5) is 10.8 Å². The van der Waals surface area contributed by atoms with Crippen molar-refractivity contribution in [3.05, 3.63) is 99.9 Å². The zero-order valence-corrected chi connectivity index (χ0v) is 17.3. The minimum Gasteiger partial charge on any atom is -0.258 e. The first-order chi connectivity index (χ1) is 14.7. The number of aromatic nitrogens is 1. The number of nitro groups is 1. The highest BCUT2D eigenvalue weighted by Gasteiger charge is 2.05. The zero-order chi connectivity index (χ0) is 20.8. The van der Waals surface area contributed by atoms with Crippen molar-refractivity contribution in [2.24, 2.45) is 5.10 Å². The van der Waals surface area contributed by atoms with Gasteiger partial charge in [0, 0.05) is 32.9 Å². The van der Waals surface area contributed by atoms with Gasteiger partial charge >= 0.3 is 0 Å². The SMILES string of the molecule is O=[N+]([O-])c1ccc(C=NNc2nc(-c3ccc(Sc4ccccc4)cc3)cs2)cc1. The van der Waals surface area contributed by atoms with Gasteiger partial charge in [-0.15, -0.1) is 11.3 Å². The number of hydrogen-bond donors (Lipinski definition) is 1. The predicted molar refractivity (Wildman–Crippen MR) is 122 cm³/mol. The molecule has 0 saturated carbocycles. The average molecular weight is 433 g/mol. The molecular formula is C22H16N4O2S2. The molecule has 4 aromatic rings. The average Bonchev–Trinajstić information content (AvgIpc) is 3.24. The number of anilines is 1. The molecule has 0 atom stereocenters. The molecule has 3 aromatic carbocycles. The second kappa shape index (κ2) is 9.34. The smallest absolute Gasteiger partial charge is 0.258 e. The topological polar surface area (TPSA) is 80.4 Å². The van der Waals surface area contributed by atoms with Gasteiger partial charge in [0.05, 0.1) is 16.8 Å². The lowest BCUT2D eigenvalue weighted by Gasteiger charge is -2.02. The lowest BCUT2D eigenvalue weighted by Crippen LogP contribution is -1.91. The van der Waals surface area contributed by atoms with Gasteiger partial charge in [-0.2, -0.15) is 5.10 Å². The van der Waals surface area contributed by atoms with Crippen LogP contribution in [0.1, 0.15) is 5.56 Å². The number of hydrogen-bond acceptors (Lipinski definition) is 7. The predicted octanol–water partition coefficient (Wildman–Crippen LogP) is 6.32. The first-order valence-corrected chi connectivity index (χ1v) is 10.7. The van der Waals surface area contributed by atoms with Crippen molar-refractivity contribution >= 4 is 40.1 Å². The van der Waals surface area contributed by atoms with Crippen LogP contribution in [0.15, 0.2) is 99.1 Å². The highest BCUT2D eigenvalue weighted by molar-refractivity contribution is 7.99. The third-order valence-electron chi connectivity index (χ3n) is 4.11. The first kappa shape index (κ1) is 19.8. The molecule has 0 fully saturated rings. The molecule has 0 radical (unpaired) electrons. The Balaban J connectivity index is 1.37. The summed E-state index contributed by atoms with van der Waals surface area (Å²) in [4.78, 5) is 17.2. The lowest BCUT2D eigenvalue weighted by atomic mass is 10.2. The van der Waals surface area contributed by atoms with Gasteiger partial charge in [0.15, 0.2) is 0 Å². The Morgan fingerprint density at radius 1 is 0.967 bits per heavy atom. The van der Waals surface area contributed by atoms with Crippen molar-refractivity contribution in [2.45, 2.75) is 9.79 Å². The van der Waals surface area contributed by atoms with Gasteiger partial charge < -0.3 is 0 Å². The van der Waals surface area contributed by atoms with E-state index in [1.165, 1.54) is 33.3 Å². The maximum Gasteiger partial charge on any atom is 0.269 e. The molecule has 0 amide bonds. The van der Waals surface area contributed by atoms with Crippen LogP contribution in [0.3, 0.4) is 0 Å². The molecule has 1 N–H and O–H groups in total. The molecule has 0 aliphatic carbocycles. The summed E-state index contributed by atoms with van der Waals surface area (Å²) >= 11 is 3.18. The Hall–Kier alpha value is -3.49. The van der Waals surface area contributed by atoms with Crippen LogP contribution < -0.4 is 5.43 Å². The Kier molecular flexibility index (Phi) is 6.17. The van der Waals surface area contributed by atoms with E-state index in [1.807, 2.05) is 23.6 Å². The molecule has 148 valence electrons. The van der Waals surface area contributed by atoms with Gasteiger partial charge in [0.25, 0.3) is 5.69 Å². The molecule has 0 unspecified atom stereocenters. The summed E-state index contributed by atoms with van der Waals surface area (Å²) in [6.45, 7) is 0. The molecule has 0 saturated heterocycles. The molecule has 30 heavy (non-hydrogen) atoms. The Morgan fingerprint density at radius 2 is 1.67 bits per heavy atom. The van der Waals surface area contributed by atoms with Crippen LogP contribution in [0, 0.1) is 10.1 Å². The second-order valence-electron chi connectivity index (χ2n) is 6.20. The van der Waals surface area contributed by atoms with Gasteiger partial charge in [-0.1, -0.05) is 42.1 Å². The standard InChI is InChI=1S/C22H16N4O2S2/c27-26(28)18-10-6-16(7-11-18)14-23-25-22-24-21(15-29-22)17-8-12-20(13-9-17)30-19-4-2-1-3-5-19/h1-15H,(H,24,25). The minimum absolute atomic E-state index is 0.0536. The van der Waals surface area contributed by atoms with Gasteiger partial charge in [0.1, 0.15) is 0 Å². The quantitative estimate of drug-likeness (QED) is 0.210. The number of thiazole rings is 1. The van der Waals surface area contributed by atoms with E-state index >= 15 is 0 Å². The summed E-state index contributed by atoms with van der Waals surface area (Å²) < 4.78 is 0. The molecule has 0 bridgehead atoms. The molecule has 1 heterocycles. The van der Waals surface area contributed by atoms with E-state index in [4.69, 9.17) is 0 Å². The molecule has 1 aromatic heterocycles.